The first kappa shape index (κ1) is 13.7. The number of carbonyl (C=O) groups excluding carboxylic acids is 1. The standard InChI is InChI=1S/C15H15BrN2O/c1-9-4-10(2)6-12(5-9)15(19)18-13-7-11(3)14(16)17-8-13/h4-8H,1-3H3,(H,18,19). The van der Waals surface area contributed by atoms with E-state index < -0.39 is 0 Å². The molecule has 1 amide bonds. The molecule has 1 N–H and O–H groups in total. The van der Waals surface area contributed by atoms with Crippen molar-refractivity contribution in [2.75, 3.05) is 5.32 Å². The van der Waals surface area contributed by atoms with Gasteiger partial charge in [-0.2, -0.15) is 0 Å². The summed E-state index contributed by atoms with van der Waals surface area (Å²) >= 11 is 3.34. The zero-order valence-corrected chi connectivity index (χ0v) is 12.7. The molecular formula is C15H15BrN2O. The molecule has 2 aromatic rings. The number of nitrogens with one attached hydrogen (secondary N) is 1. The zero-order valence-electron chi connectivity index (χ0n) is 11.1. The summed E-state index contributed by atoms with van der Waals surface area (Å²) in [6.07, 6.45) is 1.64. The Morgan fingerprint density at radius 3 is 2.32 bits per heavy atom. The van der Waals surface area contributed by atoms with Gasteiger partial charge in [-0.05, 0) is 60.5 Å². The lowest BCUT2D eigenvalue weighted by Crippen LogP contribution is -2.12. The van der Waals surface area contributed by atoms with Crippen LogP contribution in [0.3, 0.4) is 0 Å². The molecule has 0 bridgehead atoms. The van der Waals surface area contributed by atoms with E-state index in [1.54, 1.807) is 6.20 Å². The number of rotatable bonds is 2. The van der Waals surface area contributed by atoms with Gasteiger partial charge in [-0.15, -0.1) is 0 Å². The molecule has 0 fully saturated rings. The number of halogens is 1. The predicted octanol–water partition coefficient (Wildman–Crippen LogP) is 4.02. The molecule has 0 atom stereocenters. The Morgan fingerprint density at radius 1 is 1.11 bits per heavy atom. The lowest BCUT2D eigenvalue weighted by molar-refractivity contribution is 0.102. The molecule has 1 aromatic heterocycles. The molecule has 0 radical (unpaired) electrons. The molecule has 2 rings (SSSR count). The van der Waals surface area contributed by atoms with Crippen molar-refractivity contribution in [3.63, 3.8) is 0 Å². The van der Waals surface area contributed by atoms with Gasteiger partial charge in [0, 0.05) is 5.56 Å². The lowest BCUT2D eigenvalue weighted by atomic mass is 10.1. The maximum Gasteiger partial charge on any atom is 0.255 e. The van der Waals surface area contributed by atoms with Crippen LogP contribution in [0.2, 0.25) is 0 Å². The van der Waals surface area contributed by atoms with Crippen molar-refractivity contribution < 1.29 is 4.79 Å². The quantitative estimate of drug-likeness (QED) is 0.850. The number of pyridine rings is 1. The summed E-state index contributed by atoms with van der Waals surface area (Å²) in [6.45, 7) is 5.90. The molecule has 0 saturated carbocycles. The summed E-state index contributed by atoms with van der Waals surface area (Å²) in [5.74, 6) is -0.115. The van der Waals surface area contributed by atoms with E-state index in [1.165, 1.54) is 0 Å². The van der Waals surface area contributed by atoms with Gasteiger partial charge in [0.1, 0.15) is 4.60 Å². The zero-order chi connectivity index (χ0) is 14.0. The molecule has 0 aliphatic carbocycles. The molecule has 98 valence electrons. The van der Waals surface area contributed by atoms with Crippen molar-refractivity contribution in [3.05, 3.63) is 57.3 Å². The second-order valence-corrected chi connectivity index (χ2v) is 5.41. The minimum absolute atomic E-state index is 0.115. The number of anilines is 1. The van der Waals surface area contributed by atoms with Gasteiger partial charge in [-0.1, -0.05) is 17.2 Å². The normalized spacial score (nSPS) is 10.3. The number of benzene rings is 1. The first-order valence-electron chi connectivity index (χ1n) is 5.97. The van der Waals surface area contributed by atoms with E-state index >= 15 is 0 Å². The Labute approximate surface area is 121 Å². The van der Waals surface area contributed by atoms with Crippen LogP contribution in [0.5, 0.6) is 0 Å². The van der Waals surface area contributed by atoms with Gasteiger partial charge in [0.15, 0.2) is 0 Å². The molecule has 19 heavy (non-hydrogen) atoms. The van der Waals surface area contributed by atoms with Crippen LogP contribution in [0.1, 0.15) is 27.0 Å². The minimum Gasteiger partial charge on any atom is -0.321 e. The first-order chi connectivity index (χ1) is 8.95. The van der Waals surface area contributed by atoms with Crippen LogP contribution in [0, 0.1) is 20.8 Å². The summed E-state index contributed by atoms with van der Waals surface area (Å²) in [6, 6.07) is 7.68. The van der Waals surface area contributed by atoms with Gasteiger partial charge in [0.05, 0.1) is 11.9 Å². The Kier molecular flexibility index (Phi) is 4.00. The first-order valence-corrected chi connectivity index (χ1v) is 6.77. The van der Waals surface area contributed by atoms with E-state index in [1.807, 2.05) is 45.0 Å². The summed E-state index contributed by atoms with van der Waals surface area (Å²) < 4.78 is 0.789. The molecule has 1 heterocycles. The van der Waals surface area contributed by atoms with Gasteiger partial charge in [0.25, 0.3) is 5.91 Å². The second-order valence-electron chi connectivity index (χ2n) is 4.66. The monoisotopic (exact) mass is 318 g/mol. The number of hydrogen-bond acceptors (Lipinski definition) is 2. The molecule has 3 nitrogen and oxygen atoms in total. The summed E-state index contributed by atoms with van der Waals surface area (Å²) in [5.41, 5.74) is 4.51. The van der Waals surface area contributed by atoms with Crippen LogP contribution in [0.4, 0.5) is 5.69 Å². The van der Waals surface area contributed by atoms with Gasteiger partial charge in [-0.25, -0.2) is 4.98 Å². The molecule has 0 spiro atoms. The van der Waals surface area contributed by atoms with Crippen molar-refractivity contribution in [3.8, 4) is 0 Å². The van der Waals surface area contributed by atoms with Crippen LogP contribution in [0.15, 0.2) is 35.1 Å². The highest BCUT2D eigenvalue weighted by molar-refractivity contribution is 9.10. The summed E-state index contributed by atoms with van der Waals surface area (Å²) in [5, 5.41) is 2.86. The highest BCUT2D eigenvalue weighted by atomic mass is 79.9. The van der Waals surface area contributed by atoms with Gasteiger partial charge in [-0.3, -0.25) is 4.79 Å². The summed E-state index contributed by atoms with van der Waals surface area (Å²) in [7, 11) is 0. The number of aromatic nitrogens is 1. The van der Waals surface area contributed by atoms with Gasteiger partial charge >= 0.3 is 0 Å². The maximum atomic E-state index is 12.2. The van der Waals surface area contributed by atoms with Gasteiger partial charge in [0.2, 0.25) is 0 Å². The van der Waals surface area contributed by atoms with Crippen LogP contribution in [0.25, 0.3) is 0 Å². The molecule has 0 aliphatic rings. The van der Waals surface area contributed by atoms with E-state index in [9.17, 15) is 4.79 Å². The average Bonchev–Trinajstić information content (AvgIpc) is 2.32. The van der Waals surface area contributed by atoms with E-state index in [0.717, 1.165) is 21.3 Å². The van der Waals surface area contributed by atoms with Crippen molar-refractivity contribution in [2.24, 2.45) is 0 Å². The van der Waals surface area contributed by atoms with E-state index in [2.05, 4.69) is 26.2 Å². The minimum atomic E-state index is -0.115. The van der Waals surface area contributed by atoms with Crippen LogP contribution >= 0.6 is 15.9 Å². The Balaban J connectivity index is 2.22. The lowest BCUT2D eigenvalue weighted by Gasteiger charge is -2.08. The van der Waals surface area contributed by atoms with Crippen molar-refractivity contribution in [1.29, 1.82) is 0 Å². The van der Waals surface area contributed by atoms with Crippen LogP contribution in [-0.2, 0) is 0 Å². The number of amides is 1. The predicted molar refractivity (Wildman–Crippen MR) is 80.5 cm³/mol. The fourth-order valence-corrected chi connectivity index (χ4v) is 2.15. The third kappa shape index (κ3) is 3.41. The molecule has 0 saturated heterocycles. The smallest absolute Gasteiger partial charge is 0.255 e. The Hall–Kier alpha value is -1.68. The molecule has 1 aromatic carbocycles. The van der Waals surface area contributed by atoms with E-state index in [-0.39, 0.29) is 5.91 Å². The second kappa shape index (κ2) is 5.53. The number of nitrogens with zero attached hydrogens (tertiary/aromatic N) is 1. The average molecular weight is 319 g/mol. The van der Waals surface area contributed by atoms with Crippen LogP contribution in [-0.4, -0.2) is 10.9 Å². The fraction of sp³-hybridized carbons (Fsp3) is 0.200. The van der Waals surface area contributed by atoms with Crippen molar-refractivity contribution in [2.45, 2.75) is 20.8 Å². The topological polar surface area (TPSA) is 42.0 Å². The third-order valence-corrected chi connectivity index (χ3v) is 3.59. The number of hydrogen-bond donors (Lipinski definition) is 1. The fourth-order valence-electron chi connectivity index (χ4n) is 1.94. The maximum absolute atomic E-state index is 12.2. The highest BCUT2D eigenvalue weighted by Gasteiger charge is 2.08. The van der Waals surface area contributed by atoms with Crippen LogP contribution < -0.4 is 5.32 Å². The van der Waals surface area contributed by atoms with E-state index in [0.29, 0.717) is 11.3 Å². The van der Waals surface area contributed by atoms with Crippen molar-refractivity contribution >= 4 is 27.5 Å². The van der Waals surface area contributed by atoms with E-state index in [4.69, 9.17) is 0 Å². The molecule has 0 aliphatic heterocycles. The third-order valence-electron chi connectivity index (χ3n) is 2.76. The number of aryl methyl sites for hydroxylation is 3. The molecule has 4 heteroatoms. The SMILES string of the molecule is Cc1cc(C)cc(C(=O)Nc2cnc(Br)c(C)c2)c1. The Morgan fingerprint density at radius 2 is 1.74 bits per heavy atom. The number of carbonyl (C=O) groups is 1. The highest BCUT2D eigenvalue weighted by Crippen LogP contribution is 2.18. The largest absolute Gasteiger partial charge is 0.321 e. The van der Waals surface area contributed by atoms with Gasteiger partial charge < -0.3 is 5.32 Å². The molecule has 0 unspecified atom stereocenters. The van der Waals surface area contributed by atoms with Crippen molar-refractivity contribution in [1.82, 2.24) is 4.98 Å². The Bertz CT molecular complexity index is 618. The molecular weight excluding hydrogens is 304 g/mol. The summed E-state index contributed by atoms with van der Waals surface area (Å²) in [4.78, 5) is 16.3.